The van der Waals surface area contributed by atoms with Gasteiger partial charge in [-0.15, -0.1) is 0 Å². The zero-order valence-corrected chi connectivity index (χ0v) is 25.2. The Labute approximate surface area is 235 Å². The first-order valence-corrected chi connectivity index (χ1v) is 16.0. The molecule has 0 saturated carbocycles. The van der Waals surface area contributed by atoms with Gasteiger partial charge in [-0.3, -0.25) is 0 Å². The Kier molecular flexibility index (Phi) is 6.99. The minimum atomic E-state index is -3.25. The van der Waals surface area contributed by atoms with Gasteiger partial charge in [-0.1, -0.05) is 127 Å². The molecule has 0 amide bonds. The average molecular weight is 629 g/mol. The first-order chi connectivity index (χ1) is 17.5. The molecule has 6 heteroatoms. The molecule has 4 nitrogen and oxygen atoms in total. The zero-order chi connectivity index (χ0) is 26.5. The van der Waals surface area contributed by atoms with Crippen LogP contribution in [0.3, 0.4) is 0 Å². The third kappa shape index (κ3) is 3.98. The van der Waals surface area contributed by atoms with Gasteiger partial charge >= 0.3 is 0 Å². The van der Waals surface area contributed by atoms with E-state index in [4.69, 9.17) is 9.47 Å². The topological polar surface area (TPSA) is 58.9 Å². The van der Waals surface area contributed by atoms with E-state index in [9.17, 15) is 9.90 Å². The molecule has 2 aliphatic rings. The van der Waals surface area contributed by atoms with Gasteiger partial charge in [-0.2, -0.15) is 0 Å². The minimum Gasteiger partial charge on any atom is -0.424 e. The van der Waals surface area contributed by atoms with Crippen molar-refractivity contribution in [2.75, 3.05) is 13.2 Å². The predicted octanol–water partition coefficient (Wildman–Crippen LogP) is 4.79. The van der Waals surface area contributed by atoms with E-state index in [2.05, 4.69) is 98.8 Å². The summed E-state index contributed by atoms with van der Waals surface area (Å²) in [6.45, 7) is 9.19. The maximum atomic E-state index is 12.9. The first kappa shape index (κ1) is 27.0. The molecule has 2 heterocycles. The highest BCUT2D eigenvalue weighted by molar-refractivity contribution is 14.1. The van der Waals surface area contributed by atoms with Crippen LogP contribution >= 0.6 is 22.6 Å². The fourth-order valence-corrected chi connectivity index (χ4v) is 12.9. The summed E-state index contributed by atoms with van der Waals surface area (Å²) in [4.78, 5) is 12.9. The van der Waals surface area contributed by atoms with E-state index >= 15 is 0 Å². The van der Waals surface area contributed by atoms with Crippen molar-refractivity contribution in [2.24, 2.45) is 5.41 Å². The molecule has 2 N–H and O–H groups in total. The smallest absolute Gasteiger partial charge is 0.258 e. The summed E-state index contributed by atoms with van der Waals surface area (Å²) >= 11 is 2.60. The molecule has 5 rings (SSSR count). The summed E-state index contributed by atoms with van der Waals surface area (Å²) in [5.41, 5.74) is 0.462. The van der Waals surface area contributed by atoms with Gasteiger partial charge in [0.1, 0.15) is 0 Å². The van der Waals surface area contributed by atoms with Gasteiger partial charge in [0.15, 0.2) is 0 Å². The van der Waals surface area contributed by atoms with E-state index in [1.165, 1.54) is 5.56 Å². The summed E-state index contributed by atoms with van der Waals surface area (Å²) < 4.78 is 12.2. The Hall–Kier alpha value is -1.55. The van der Waals surface area contributed by atoms with E-state index in [-0.39, 0.29) is 24.2 Å². The lowest BCUT2D eigenvalue weighted by molar-refractivity contribution is -0.417. The molecule has 2 fully saturated rings. The van der Waals surface area contributed by atoms with Gasteiger partial charge in [0.05, 0.1) is 39.9 Å². The number of alkyl halides is 1. The summed E-state index contributed by atoms with van der Waals surface area (Å²) in [6, 6.07) is 30.9. The summed E-state index contributed by atoms with van der Waals surface area (Å²) in [6.07, 6.45) is 0.257. The number of aliphatic hydroxyl groups excluding tert-OH is 1. The molecule has 0 aliphatic carbocycles. The van der Waals surface area contributed by atoms with Gasteiger partial charge in [0.25, 0.3) is 8.32 Å². The summed E-state index contributed by atoms with van der Waals surface area (Å²) in [5, 5.41) is 11.7. The van der Waals surface area contributed by atoms with Gasteiger partial charge in [0, 0.05) is 0 Å². The molecule has 1 spiro atoms. The van der Waals surface area contributed by atoms with Crippen molar-refractivity contribution in [1.29, 1.82) is 0 Å². The number of ether oxygens (including phenoxy) is 2. The van der Waals surface area contributed by atoms with Crippen molar-refractivity contribution in [1.82, 2.24) is 0 Å². The Bertz CT molecular complexity index is 1180. The van der Waals surface area contributed by atoms with Crippen LogP contribution < -0.4 is 10.4 Å². The maximum absolute atomic E-state index is 12.9. The quantitative estimate of drug-likeness (QED) is 0.214. The molecule has 2 aliphatic heterocycles. The van der Waals surface area contributed by atoms with Gasteiger partial charge < -0.3 is 19.4 Å². The molecular formula is C31H37IO4Si. The van der Waals surface area contributed by atoms with E-state index in [1.54, 1.807) is 0 Å². The van der Waals surface area contributed by atoms with Crippen LogP contribution in [0.4, 0.5) is 0 Å². The van der Waals surface area contributed by atoms with E-state index < -0.39 is 22.4 Å². The molecular weight excluding hydrogens is 591 g/mol. The summed E-state index contributed by atoms with van der Waals surface area (Å²) in [7, 11) is -3.25. The minimum absolute atomic E-state index is 0.0269. The summed E-state index contributed by atoms with van der Waals surface area (Å²) in [5.74, 6) is 0. The Morgan fingerprint density at radius 3 is 1.78 bits per heavy atom. The zero-order valence-electron chi connectivity index (χ0n) is 22.0. The average Bonchev–Trinajstić information content (AvgIpc) is 2.88. The van der Waals surface area contributed by atoms with Crippen LogP contribution in [0.1, 0.15) is 39.7 Å². The van der Waals surface area contributed by atoms with Crippen LogP contribution in [0.25, 0.3) is 0 Å². The fraction of sp³-hybridized carbons (Fsp3) is 0.419. The van der Waals surface area contributed by atoms with Crippen LogP contribution in [-0.2, 0) is 12.9 Å². The van der Waals surface area contributed by atoms with Crippen LogP contribution in [0.2, 0.25) is 5.04 Å². The standard InChI is InChI=1S/C31H37IO4Si/c1-28(2,37(34,24-16-10-6-11-17-24)25-18-12-7-13-19-25)21-31(32,23-14-8-5-9-15-23)27-30(29(3,4)36-27)22-35-26(30)20-33/h5-19,26-27,33-34H,20-22H2,1-4H3/t26-,27+,30?,31-/m0/s1. The molecule has 3 aromatic rings. The lowest BCUT2D eigenvalue weighted by Gasteiger charge is -2.72. The van der Waals surface area contributed by atoms with E-state index in [0.29, 0.717) is 13.0 Å². The van der Waals surface area contributed by atoms with Crippen molar-refractivity contribution in [3.63, 3.8) is 0 Å². The second-order valence-corrected chi connectivity index (χ2v) is 17.6. The molecule has 37 heavy (non-hydrogen) atoms. The first-order valence-electron chi connectivity index (χ1n) is 13.0. The second kappa shape index (κ2) is 9.57. The molecule has 4 atom stereocenters. The molecule has 196 valence electrons. The largest absolute Gasteiger partial charge is 0.424 e. The fourth-order valence-electron chi connectivity index (χ4n) is 6.81. The van der Waals surface area contributed by atoms with Crippen LogP contribution in [0.5, 0.6) is 0 Å². The SMILES string of the molecule is CC1(C)O[C@@H]([C@](I)(CC(C)(C)[Si](O)(c2ccccc2)c2ccccc2)c2ccccc2)C12CO[C@H]2CO. The molecule has 0 aromatic heterocycles. The van der Waals surface area contributed by atoms with Crippen LogP contribution in [0.15, 0.2) is 91.0 Å². The van der Waals surface area contributed by atoms with Gasteiger partial charge in [0.2, 0.25) is 0 Å². The maximum Gasteiger partial charge on any atom is 0.258 e. The molecule has 0 radical (unpaired) electrons. The van der Waals surface area contributed by atoms with Crippen molar-refractivity contribution in [2.45, 2.75) is 60.4 Å². The van der Waals surface area contributed by atoms with E-state index in [1.807, 2.05) is 42.5 Å². The van der Waals surface area contributed by atoms with Crippen molar-refractivity contribution >= 4 is 41.3 Å². The highest BCUT2D eigenvalue weighted by atomic mass is 127. The van der Waals surface area contributed by atoms with Gasteiger partial charge in [-0.05, 0) is 41.2 Å². The number of benzene rings is 3. The number of hydrogen-bond donors (Lipinski definition) is 2. The van der Waals surface area contributed by atoms with Crippen LogP contribution in [0, 0.1) is 5.41 Å². The number of aliphatic hydroxyl groups is 1. The molecule has 1 unspecified atom stereocenters. The molecule has 0 bridgehead atoms. The molecule has 2 saturated heterocycles. The third-order valence-corrected chi connectivity index (χ3v) is 15.0. The second-order valence-electron chi connectivity index (χ2n) is 11.8. The molecule has 3 aromatic carbocycles. The van der Waals surface area contributed by atoms with Crippen molar-refractivity contribution in [3.05, 3.63) is 96.6 Å². The lowest BCUT2D eigenvalue weighted by atomic mass is 9.54. The Morgan fingerprint density at radius 1 is 0.892 bits per heavy atom. The number of hydrogen-bond acceptors (Lipinski definition) is 4. The number of rotatable bonds is 8. The highest BCUT2D eigenvalue weighted by Crippen LogP contribution is 2.67. The Morgan fingerprint density at radius 2 is 1.38 bits per heavy atom. The monoisotopic (exact) mass is 628 g/mol. The third-order valence-electron chi connectivity index (χ3n) is 9.00. The van der Waals surface area contributed by atoms with Crippen molar-refractivity contribution in [3.8, 4) is 0 Å². The predicted molar refractivity (Wildman–Crippen MR) is 159 cm³/mol. The van der Waals surface area contributed by atoms with E-state index in [0.717, 1.165) is 10.4 Å². The lowest BCUT2D eigenvalue weighted by Crippen LogP contribution is -2.82. The normalized spacial score (nSPS) is 26.7. The highest BCUT2D eigenvalue weighted by Gasteiger charge is 2.76. The van der Waals surface area contributed by atoms with Crippen molar-refractivity contribution < 1.29 is 19.4 Å². The van der Waals surface area contributed by atoms with Crippen LogP contribution in [-0.4, -0.2) is 49.2 Å². The Balaban J connectivity index is 1.65. The van der Waals surface area contributed by atoms with Gasteiger partial charge in [-0.25, -0.2) is 0 Å². The number of halogens is 1.